The number of hydrogen-bond donors (Lipinski definition) is 0. The maximum absolute atomic E-state index is 13.9. The van der Waals surface area contributed by atoms with Crippen molar-refractivity contribution in [3.63, 3.8) is 0 Å². The van der Waals surface area contributed by atoms with Crippen LogP contribution in [0.1, 0.15) is 32.9 Å². The fraction of sp³-hybridized carbons (Fsp3) is 0.333. The summed E-state index contributed by atoms with van der Waals surface area (Å²) in [6, 6.07) is 11.3. The van der Waals surface area contributed by atoms with Crippen molar-refractivity contribution in [2.45, 2.75) is 26.9 Å². The van der Waals surface area contributed by atoms with Gasteiger partial charge in [0.05, 0.1) is 11.5 Å². The normalized spacial score (nSPS) is 14.4. The van der Waals surface area contributed by atoms with Gasteiger partial charge in [-0.15, -0.1) is 0 Å². The highest BCUT2D eigenvalue weighted by Crippen LogP contribution is 2.23. The lowest BCUT2D eigenvalue weighted by atomic mass is 10.1. The fourth-order valence-electron chi connectivity index (χ4n) is 4.23. The highest BCUT2D eigenvalue weighted by Gasteiger charge is 2.24. The van der Waals surface area contributed by atoms with E-state index in [1.54, 1.807) is 41.6 Å². The standard InChI is InChI=1S/C24H25F2N5O3/c1-16-23(31(33)34)17(2)30(27-16)14-18-6-8-19(9-7-18)24(32)29-12-10-28(11-13-29)15-20-4-3-5-21(25)22(20)26/h3-9H,10-15H2,1-2H3. The number of rotatable bonds is 6. The smallest absolute Gasteiger partial charge is 0.312 e. The predicted molar refractivity (Wildman–Crippen MR) is 121 cm³/mol. The number of aryl methyl sites for hydroxylation is 1. The van der Waals surface area contributed by atoms with Gasteiger partial charge in [0.15, 0.2) is 11.6 Å². The molecular formula is C24H25F2N5O3. The second-order valence-corrected chi connectivity index (χ2v) is 8.41. The zero-order chi connectivity index (χ0) is 24.4. The number of hydrogen-bond acceptors (Lipinski definition) is 5. The van der Waals surface area contributed by atoms with Gasteiger partial charge in [-0.25, -0.2) is 8.78 Å². The number of nitrogens with zero attached hydrogens (tertiary/aromatic N) is 5. The molecule has 0 radical (unpaired) electrons. The summed E-state index contributed by atoms with van der Waals surface area (Å²) in [5, 5.41) is 15.4. The second-order valence-electron chi connectivity index (χ2n) is 8.41. The lowest BCUT2D eigenvalue weighted by Crippen LogP contribution is -2.48. The van der Waals surface area contributed by atoms with Crippen LogP contribution in [-0.2, 0) is 13.1 Å². The molecule has 8 nitrogen and oxygen atoms in total. The minimum absolute atomic E-state index is 0.0195. The van der Waals surface area contributed by atoms with E-state index in [2.05, 4.69) is 5.10 Å². The van der Waals surface area contributed by atoms with Gasteiger partial charge in [0.2, 0.25) is 0 Å². The third-order valence-electron chi connectivity index (χ3n) is 6.14. The molecule has 0 aliphatic carbocycles. The van der Waals surface area contributed by atoms with Gasteiger partial charge in [0.25, 0.3) is 5.91 Å². The minimum atomic E-state index is -0.856. The molecular weight excluding hydrogens is 444 g/mol. The van der Waals surface area contributed by atoms with Crippen LogP contribution in [0.25, 0.3) is 0 Å². The van der Waals surface area contributed by atoms with Crippen LogP contribution in [0, 0.1) is 35.6 Å². The molecule has 178 valence electrons. The first-order valence-electron chi connectivity index (χ1n) is 11.0. The second kappa shape index (κ2) is 9.68. The molecule has 1 fully saturated rings. The number of carbonyl (C=O) groups is 1. The number of piperazine rings is 1. The number of amides is 1. The molecule has 10 heteroatoms. The van der Waals surface area contributed by atoms with Gasteiger partial charge >= 0.3 is 5.69 Å². The van der Waals surface area contributed by atoms with Crippen LogP contribution < -0.4 is 0 Å². The maximum Gasteiger partial charge on any atom is 0.312 e. The predicted octanol–water partition coefficient (Wildman–Crippen LogP) is 3.69. The van der Waals surface area contributed by atoms with Crippen LogP contribution in [0.5, 0.6) is 0 Å². The number of carbonyl (C=O) groups excluding carboxylic acids is 1. The molecule has 2 heterocycles. The Balaban J connectivity index is 1.35. The lowest BCUT2D eigenvalue weighted by molar-refractivity contribution is -0.386. The molecule has 0 spiro atoms. The molecule has 0 bridgehead atoms. The van der Waals surface area contributed by atoms with E-state index in [1.165, 1.54) is 6.07 Å². The monoisotopic (exact) mass is 469 g/mol. The van der Waals surface area contributed by atoms with E-state index in [9.17, 15) is 23.7 Å². The van der Waals surface area contributed by atoms with Gasteiger partial charge in [-0.1, -0.05) is 24.3 Å². The zero-order valence-electron chi connectivity index (χ0n) is 19.0. The molecule has 2 aromatic carbocycles. The third-order valence-corrected chi connectivity index (χ3v) is 6.14. The van der Waals surface area contributed by atoms with Gasteiger partial charge < -0.3 is 4.90 Å². The Morgan fingerprint density at radius 3 is 2.32 bits per heavy atom. The summed E-state index contributed by atoms with van der Waals surface area (Å²) in [5.41, 5.74) is 2.60. The largest absolute Gasteiger partial charge is 0.336 e. The number of aromatic nitrogens is 2. The highest BCUT2D eigenvalue weighted by molar-refractivity contribution is 5.94. The molecule has 34 heavy (non-hydrogen) atoms. The van der Waals surface area contributed by atoms with E-state index in [-0.39, 0.29) is 11.6 Å². The van der Waals surface area contributed by atoms with E-state index in [0.717, 1.165) is 11.6 Å². The van der Waals surface area contributed by atoms with Crippen molar-refractivity contribution in [3.05, 3.63) is 92.3 Å². The van der Waals surface area contributed by atoms with Crippen LogP contribution >= 0.6 is 0 Å². The van der Waals surface area contributed by atoms with Crippen molar-refractivity contribution in [1.82, 2.24) is 19.6 Å². The van der Waals surface area contributed by atoms with E-state index < -0.39 is 16.6 Å². The van der Waals surface area contributed by atoms with Gasteiger partial charge in [-0.05, 0) is 37.6 Å². The molecule has 3 aromatic rings. The first kappa shape index (κ1) is 23.5. The highest BCUT2D eigenvalue weighted by atomic mass is 19.2. The van der Waals surface area contributed by atoms with Gasteiger partial charge in [-0.2, -0.15) is 5.10 Å². The van der Waals surface area contributed by atoms with Crippen molar-refractivity contribution in [1.29, 1.82) is 0 Å². The number of benzene rings is 2. The minimum Gasteiger partial charge on any atom is -0.336 e. The quantitative estimate of drug-likeness (QED) is 0.406. The van der Waals surface area contributed by atoms with Gasteiger partial charge in [0.1, 0.15) is 11.4 Å². The third kappa shape index (κ3) is 4.81. The number of halogens is 2. The summed E-state index contributed by atoms with van der Waals surface area (Å²) in [4.78, 5) is 27.4. The van der Waals surface area contributed by atoms with Crippen molar-refractivity contribution >= 4 is 11.6 Å². The van der Waals surface area contributed by atoms with Crippen LogP contribution in [0.2, 0.25) is 0 Å². The van der Waals surface area contributed by atoms with Crippen molar-refractivity contribution in [3.8, 4) is 0 Å². The topological polar surface area (TPSA) is 84.5 Å². The van der Waals surface area contributed by atoms with Crippen molar-refractivity contribution < 1.29 is 18.5 Å². The van der Waals surface area contributed by atoms with Gasteiger partial charge in [0, 0.05) is 43.9 Å². The van der Waals surface area contributed by atoms with E-state index in [1.807, 2.05) is 17.0 Å². The molecule has 1 aliphatic heterocycles. The molecule has 1 aliphatic rings. The fourth-order valence-corrected chi connectivity index (χ4v) is 4.23. The van der Waals surface area contributed by atoms with Gasteiger partial charge in [-0.3, -0.25) is 24.5 Å². The summed E-state index contributed by atoms with van der Waals surface area (Å²) >= 11 is 0. The Labute approximate surface area is 195 Å². The SMILES string of the molecule is Cc1nn(Cc2ccc(C(=O)N3CCN(Cc4cccc(F)c4F)CC3)cc2)c(C)c1[N+](=O)[O-]. The van der Waals surface area contributed by atoms with E-state index in [0.29, 0.717) is 61.8 Å². The van der Waals surface area contributed by atoms with Crippen LogP contribution in [-0.4, -0.2) is 56.6 Å². The zero-order valence-corrected chi connectivity index (χ0v) is 19.0. The summed E-state index contributed by atoms with van der Waals surface area (Å²) < 4.78 is 28.9. The number of nitro groups is 1. The first-order chi connectivity index (χ1) is 16.2. The molecule has 1 saturated heterocycles. The van der Waals surface area contributed by atoms with Crippen LogP contribution in [0.4, 0.5) is 14.5 Å². The Bertz CT molecular complexity index is 1220. The Morgan fingerprint density at radius 2 is 1.71 bits per heavy atom. The van der Waals surface area contributed by atoms with Crippen LogP contribution in [0.15, 0.2) is 42.5 Å². The molecule has 0 N–H and O–H groups in total. The molecule has 0 saturated carbocycles. The summed E-state index contributed by atoms with van der Waals surface area (Å²) in [6.45, 7) is 6.05. The van der Waals surface area contributed by atoms with E-state index in [4.69, 9.17) is 0 Å². The van der Waals surface area contributed by atoms with Crippen molar-refractivity contribution in [2.24, 2.45) is 0 Å². The molecule has 1 aromatic heterocycles. The first-order valence-corrected chi connectivity index (χ1v) is 11.0. The molecule has 0 unspecified atom stereocenters. The Kier molecular flexibility index (Phi) is 6.69. The average Bonchev–Trinajstić information content (AvgIpc) is 3.10. The Hall–Kier alpha value is -3.66. The molecule has 1 amide bonds. The van der Waals surface area contributed by atoms with E-state index >= 15 is 0 Å². The average molecular weight is 469 g/mol. The van der Waals surface area contributed by atoms with Crippen LogP contribution in [0.3, 0.4) is 0 Å². The molecule has 4 rings (SSSR count). The Morgan fingerprint density at radius 1 is 1.03 bits per heavy atom. The summed E-state index contributed by atoms with van der Waals surface area (Å²) in [7, 11) is 0. The summed E-state index contributed by atoms with van der Waals surface area (Å²) in [5.74, 6) is -1.77. The maximum atomic E-state index is 13.9. The summed E-state index contributed by atoms with van der Waals surface area (Å²) in [6.07, 6.45) is 0. The molecule has 0 atom stereocenters. The lowest BCUT2D eigenvalue weighted by Gasteiger charge is -2.34. The van der Waals surface area contributed by atoms with Crippen molar-refractivity contribution in [2.75, 3.05) is 26.2 Å².